The minimum absolute atomic E-state index is 0.0447. The third kappa shape index (κ3) is 2.28. The zero-order chi connectivity index (χ0) is 11.8. The van der Waals surface area contributed by atoms with Gasteiger partial charge in [0, 0.05) is 18.1 Å². The van der Waals surface area contributed by atoms with E-state index in [4.69, 9.17) is 5.73 Å². The Hall–Kier alpha value is -0.870. The molecule has 0 bridgehead atoms. The van der Waals surface area contributed by atoms with Crippen LogP contribution in [0.1, 0.15) is 18.4 Å². The van der Waals surface area contributed by atoms with Gasteiger partial charge >= 0.3 is 0 Å². The average Bonchev–Trinajstić information content (AvgIpc) is 3.00. The van der Waals surface area contributed by atoms with Gasteiger partial charge in [0.05, 0.1) is 5.54 Å². The van der Waals surface area contributed by atoms with Gasteiger partial charge in [-0.15, -0.1) is 0 Å². The van der Waals surface area contributed by atoms with Crippen molar-refractivity contribution in [2.45, 2.75) is 24.9 Å². The summed E-state index contributed by atoms with van der Waals surface area (Å²) in [6, 6.07) is 7.90. The SMILES string of the molecule is CN(Cc1ccccc1Br)C(=O)C1(N)CC1. The van der Waals surface area contributed by atoms with E-state index in [1.165, 1.54) is 0 Å². The van der Waals surface area contributed by atoms with Crippen molar-refractivity contribution in [3.8, 4) is 0 Å². The van der Waals surface area contributed by atoms with Crippen LogP contribution in [-0.2, 0) is 11.3 Å². The van der Waals surface area contributed by atoms with Crippen molar-refractivity contribution in [3.05, 3.63) is 34.3 Å². The van der Waals surface area contributed by atoms with Crippen molar-refractivity contribution < 1.29 is 4.79 Å². The van der Waals surface area contributed by atoms with E-state index in [1.807, 2.05) is 24.3 Å². The highest BCUT2D eigenvalue weighted by Gasteiger charge is 2.47. The Morgan fingerprint density at radius 3 is 2.69 bits per heavy atom. The Kier molecular flexibility index (Phi) is 3.04. The summed E-state index contributed by atoms with van der Waals surface area (Å²) in [7, 11) is 1.80. The number of benzene rings is 1. The Bertz CT molecular complexity index is 415. The smallest absolute Gasteiger partial charge is 0.242 e. The molecule has 1 aromatic rings. The van der Waals surface area contributed by atoms with Crippen LogP contribution in [0.4, 0.5) is 0 Å². The molecule has 4 heteroatoms. The normalized spacial score (nSPS) is 16.9. The fraction of sp³-hybridized carbons (Fsp3) is 0.417. The number of nitrogens with zero attached hydrogens (tertiary/aromatic N) is 1. The molecule has 0 atom stereocenters. The molecule has 16 heavy (non-hydrogen) atoms. The molecule has 0 aliphatic heterocycles. The van der Waals surface area contributed by atoms with E-state index in [1.54, 1.807) is 11.9 Å². The molecule has 1 amide bonds. The minimum atomic E-state index is -0.573. The highest BCUT2D eigenvalue weighted by atomic mass is 79.9. The molecule has 0 saturated heterocycles. The summed E-state index contributed by atoms with van der Waals surface area (Å²) in [6.07, 6.45) is 1.62. The average molecular weight is 283 g/mol. The lowest BCUT2D eigenvalue weighted by molar-refractivity contribution is -0.132. The fourth-order valence-corrected chi connectivity index (χ4v) is 2.09. The van der Waals surface area contributed by atoms with Crippen LogP contribution < -0.4 is 5.73 Å². The monoisotopic (exact) mass is 282 g/mol. The lowest BCUT2D eigenvalue weighted by atomic mass is 10.2. The second-order valence-corrected chi connectivity index (χ2v) is 5.26. The van der Waals surface area contributed by atoms with Gasteiger partial charge in [0.25, 0.3) is 0 Å². The van der Waals surface area contributed by atoms with Crippen molar-refractivity contribution in [3.63, 3.8) is 0 Å². The molecule has 1 fully saturated rings. The van der Waals surface area contributed by atoms with Crippen LogP contribution in [0.2, 0.25) is 0 Å². The van der Waals surface area contributed by atoms with E-state index in [2.05, 4.69) is 15.9 Å². The van der Waals surface area contributed by atoms with Gasteiger partial charge in [-0.05, 0) is 24.5 Å². The molecule has 0 heterocycles. The van der Waals surface area contributed by atoms with Crippen LogP contribution >= 0.6 is 15.9 Å². The second kappa shape index (κ2) is 4.18. The van der Waals surface area contributed by atoms with Gasteiger partial charge in [0.1, 0.15) is 0 Å². The van der Waals surface area contributed by atoms with E-state index in [-0.39, 0.29) is 5.91 Å². The van der Waals surface area contributed by atoms with Gasteiger partial charge in [-0.1, -0.05) is 34.1 Å². The van der Waals surface area contributed by atoms with Crippen LogP contribution in [0.25, 0.3) is 0 Å². The first-order valence-electron chi connectivity index (χ1n) is 5.31. The number of amides is 1. The van der Waals surface area contributed by atoms with Crippen molar-refractivity contribution in [2.24, 2.45) is 5.73 Å². The maximum Gasteiger partial charge on any atom is 0.242 e. The quantitative estimate of drug-likeness (QED) is 0.921. The second-order valence-electron chi connectivity index (χ2n) is 4.41. The predicted octanol–water partition coefficient (Wildman–Crippen LogP) is 1.90. The minimum Gasteiger partial charge on any atom is -0.340 e. The lowest BCUT2D eigenvalue weighted by Crippen LogP contribution is -2.43. The summed E-state index contributed by atoms with van der Waals surface area (Å²) in [5.41, 5.74) is 6.41. The molecular formula is C12H15BrN2O. The van der Waals surface area contributed by atoms with Crippen molar-refractivity contribution in [1.29, 1.82) is 0 Å². The Morgan fingerprint density at radius 1 is 1.50 bits per heavy atom. The molecule has 1 aliphatic carbocycles. The molecule has 3 nitrogen and oxygen atoms in total. The molecule has 0 aromatic heterocycles. The number of likely N-dealkylation sites (N-methyl/N-ethyl adjacent to an activating group) is 1. The number of nitrogens with two attached hydrogens (primary N) is 1. The predicted molar refractivity (Wildman–Crippen MR) is 66.8 cm³/mol. The summed E-state index contributed by atoms with van der Waals surface area (Å²) in [5, 5.41) is 0. The number of hydrogen-bond acceptors (Lipinski definition) is 2. The van der Waals surface area contributed by atoms with Crippen LogP contribution in [-0.4, -0.2) is 23.4 Å². The fourth-order valence-electron chi connectivity index (χ4n) is 1.68. The van der Waals surface area contributed by atoms with Crippen LogP contribution in [0.15, 0.2) is 28.7 Å². The van der Waals surface area contributed by atoms with Gasteiger partial charge in [0.2, 0.25) is 5.91 Å². The zero-order valence-electron chi connectivity index (χ0n) is 9.24. The maximum absolute atomic E-state index is 11.9. The summed E-state index contributed by atoms with van der Waals surface area (Å²) in [6.45, 7) is 0.596. The van der Waals surface area contributed by atoms with E-state index in [9.17, 15) is 4.79 Å². The molecule has 0 radical (unpaired) electrons. The van der Waals surface area contributed by atoms with Crippen LogP contribution in [0.5, 0.6) is 0 Å². The van der Waals surface area contributed by atoms with E-state index in [0.717, 1.165) is 22.9 Å². The summed E-state index contributed by atoms with van der Waals surface area (Å²) in [5.74, 6) is 0.0447. The Labute approximate surface area is 104 Å². The molecule has 0 unspecified atom stereocenters. The van der Waals surface area contributed by atoms with Crippen LogP contribution in [0, 0.1) is 0 Å². The first-order valence-corrected chi connectivity index (χ1v) is 6.10. The molecule has 86 valence electrons. The Balaban J connectivity index is 2.05. The highest BCUT2D eigenvalue weighted by Crippen LogP contribution is 2.34. The lowest BCUT2D eigenvalue weighted by Gasteiger charge is -2.21. The van der Waals surface area contributed by atoms with Crippen molar-refractivity contribution in [1.82, 2.24) is 4.90 Å². The number of halogens is 1. The van der Waals surface area contributed by atoms with Crippen molar-refractivity contribution >= 4 is 21.8 Å². The third-order valence-corrected chi connectivity index (χ3v) is 3.70. The molecule has 1 aliphatic rings. The first kappa shape index (κ1) is 11.6. The van der Waals surface area contributed by atoms with Gasteiger partial charge < -0.3 is 10.6 Å². The maximum atomic E-state index is 11.9. The van der Waals surface area contributed by atoms with Crippen molar-refractivity contribution in [2.75, 3.05) is 7.05 Å². The topological polar surface area (TPSA) is 46.3 Å². The summed E-state index contributed by atoms with van der Waals surface area (Å²) in [4.78, 5) is 13.6. The van der Waals surface area contributed by atoms with E-state index >= 15 is 0 Å². The number of carbonyl (C=O) groups excluding carboxylic acids is 1. The molecule has 1 aromatic carbocycles. The van der Waals surface area contributed by atoms with Crippen LogP contribution in [0.3, 0.4) is 0 Å². The van der Waals surface area contributed by atoms with Gasteiger partial charge in [0.15, 0.2) is 0 Å². The first-order chi connectivity index (χ1) is 7.53. The standard InChI is InChI=1S/C12H15BrN2O/c1-15(11(16)12(14)6-7-12)8-9-4-2-3-5-10(9)13/h2-5H,6-8,14H2,1H3. The molecule has 2 N–H and O–H groups in total. The summed E-state index contributed by atoms with van der Waals surface area (Å²) >= 11 is 3.47. The number of carbonyl (C=O) groups is 1. The largest absolute Gasteiger partial charge is 0.340 e. The van der Waals surface area contributed by atoms with E-state index < -0.39 is 5.54 Å². The van der Waals surface area contributed by atoms with E-state index in [0.29, 0.717) is 6.54 Å². The molecule has 0 spiro atoms. The zero-order valence-corrected chi connectivity index (χ0v) is 10.8. The Morgan fingerprint density at radius 2 is 2.12 bits per heavy atom. The third-order valence-electron chi connectivity index (χ3n) is 2.93. The summed E-state index contributed by atoms with van der Waals surface area (Å²) < 4.78 is 1.02. The van der Waals surface area contributed by atoms with Gasteiger partial charge in [-0.3, -0.25) is 4.79 Å². The molecule has 1 saturated carbocycles. The van der Waals surface area contributed by atoms with Gasteiger partial charge in [-0.25, -0.2) is 0 Å². The number of rotatable bonds is 3. The molecule has 2 rings (SSSR count). The highest BCUT2D eigenvalue weighted by molar-refractivity contribution is 9.10. The molecular weight excluding hydrogens is 268 g/mol. The number of hydrogen-bond donors (Lipinski definition) is 1. The van der Waals surface area contributed by atoms with Gasteiger partial charge in [-0.2, -0.15) is 0 Å².